The van der Waals surface area contributed by atoms with Crippen molar-refractivity contribution in [2.45, 2.75) is 33.5 Å². The van der Waals surface area contributed by atoms with Crippen molar-refractivity contribution in [3.63, 3.8) is 0 Å². The molecule has 0 bridgehead atoms. The van der Waals surface area contributed by atoms with Gasteiger partial charge in [-0.05, 0) is 56.2 Å². The average molecular weight is 517 g/mol. The third-order valence-electron chi connectivity index (χ3n) is 5.51. The quantitative estimate of drug-likeness (QED) is 0.339. The first-order chi connectivity index (χ1) is 15.5. The summed E-state index contributed by atoms with van der Waals surface area (Å²) in [5, 5.41) is 7.62. The summed E-state index contributed by atoms with van der Waals surface area (Å²) in [6, 6.07) is 13.3. The number of nitrogens with zero attached hydrogens (tertiary/aromatic N) is 3. The number of halogens is 4. The number of aryl methyl sites for hydroxylation is 2. The molecule has 170 valence electrons. The van der Waals surface area contributed by atoms with Crippen LogP contribution < -0.4 is 5.32 Å². The molecule has 2 aromatic carbocycles. The minimum absolute atomic E-state index is 0.0851. The SMILES string of the molecule is Cc1ccccc1Cn1nc(C)c(NC(=O)c2cc(C(F)(F)F)nc3ccc(Br)cc23)c1C. The van der Waals surface area contributed by atoms with E-state index in [9.17, 15) is 18.0 Å². The molecule has 0 fully saturated rings. The Bertz CT molecular complexity index is 1380. The second-order valence-corrected chi connectivity index (χ2v) is 8.71. The Morgan fingerprint density at radius 1 is 1.09 bits per heavy atom. The van der Waals surface area contributed by atoms with Crippen LogP contribution in [-0.4, -0.2) is 20.7 Å². The highest BCUT2D eigenvalue weighted by Crippen LogP contribution is 2.32. The van der Waals surface area contributed by atoms with Crippen LogP contribution in [0.15, 0.2) is 53.0 Å². The van der Waals surface area contributed by atoms with E-state index in [1.807, 2.05) is 38.1 Å². The van der Waals surface area contributed by atoms with Crippen molar-refractivity contribution in [3.05, 3.63) is 86.8 Å². The summed E-state index contributed by atoms with van der Waals surface area (Å²) in [6.45, 7) is 6.09. The summed E-state index contributed by atoms with van der Waals surface area (Å²) in [6.07, 6.45) is -4.68. The Hall–Kier alpha value is -3.20. The van der Waals surface area contributed by atoms with Gasteiger partial charge in [0.05, 0.1) is 34.7 Å². The van der Waals surface area contributed by atoms with Gasteiger partial charge in [0, 0.05) is 9.86 Å². The highest BCUT2D eigenvalue weighted by atomic mass is 79.9. The van der Waals surface area contributed by atoms with E-state index < -0.39 is 17.8 Å². The minimum atomic E-state index is -4.68. The van der Waals surface area contributed by atoms with Gasteiger partial charge in [-0.2, -0.15) is 18.3 Å². The van der Waals surface area contributed by atoms with Crippen molar-refractivity contribution in [2.75, 3.05) is 5.32 Å². The number of nitrogens with one attached hydrogen (secondary N) is 1. The predicted octanol–water partition coefficient (Wildman–Crippen LogP) is 6.44. The molecule has 0 aliphatic heterocycles. The highest BCUT2D eigenvalue weighted by molar-refractivity contribution is 9.10. The van der Waals surface area contributed by atoms with Crippen LogP contribution in [0.5, 0.6) is 0 Å². The smallest absolute Gasteiger partial charge is 0.319 e. The van der Waals surface area contributed by atoms with Gasteiger partial charge in [0.25, 0.3) is 5.91 Å². The van der Waals surface area contributed by atoms with Gasteiger partial charge in [0.1, 0.15) is 5.69 Å². The Kier molecular flexibility index (Phi) is 6.00. The van der Waals surface area contributed by atoms with Gasteiger partial charge in [-0.3, -0.25) is 9.48 Å². The van der Waals surface area contributed by atoms with Crippen LogP contribution in [0.3, 0.4) is 0 Å². The zero-order valence-corrected chi connectivity index (χ0v) is 19.7. The zero-order valence-electron chi connectivity index (χ0n) is 18.1. The number of hydrogen-bond acceptors (Lipinski definition) is 3. The molecule has 0 aliphatic carbocycles. The molecule has 1 N–H and O–H groups in total. The van der Waals surface area contributed by atoms with E-state index in [0.717, 1.165) is 17.2 Å². The van der Waals surface area contributed by atoms with Crippen molar-refractivity contribution >= 4 is 38.4 Å². The van der Waals surface area contributed by atoms with E-state index in [1.165, 1.54) is 6.07 Å². The molecule has 0 aliphatic rings. The van der Waals surface area contributed by atoms with Gasteiger partial charge in [-0.15, -0.1) is 0 Å². The molecule has 4 rings (SSSR count). The molecule has 0 radical (unpaired) electrons. The van der Waals surface area contributed by atoms with Crippen LogP contribution in [0.2, 0.25) is 0 Å². The van der Waals surface area contributed by atoms with Gasteiger partial charge >= 0.3 is 6.18 Å². The summed E-state index contributed by atoms with van der Waals surface area (Å²) in [4.78, 5) is 16.9. The normalized spacial score (nSPS) is 11.7. The number of hydrogen-bond donors (Lipinski definition) is 1. The van der Waals surface area contributed by atoms with Crippen LogP contribution in [0.25, 0.3) is 10.9 Å². The minimum Gasteiger partial charge on any atom is -0.319 e. The number of carbonyl (C=O) groups excluding carboxylic acids is 1. The largest absolute Gasteiger partial charge is 0.433 e. The van der Waals surface area contributed by atoms with E-state index in [0.29, 0.717) is 33.5 Å². The third-order valence-corrected chi connectivity index (χ3v) is 6.00. The van der Waals surface area contributed by atoms with Crippen molar-refractivity contribution in [1.82, 2.24) is 14.8 Å². The van der Waals surface area contributed by atoms with Crippen molar-refractivity contribution in [2.24, 2.45) is 0 Å². The number of pyridine rings is 1. The first-order valence-electron chi connectivity index (χ1n) is 10.1. The third kappa shape index (κ3) is 4.64. The molecular formula is C24H20BrF3N4O. The molecule has 0 atom stereocenters. The second-order valence-electron chi connectivity index (χ2n) is 7.80. The van der Waals surface area contributed by atoms with Crippen LogP contribution in [0.4, 0.5) is 18.9 Å². The molecule has 1 amide bonds. The summed E-state index contributed by atoms with van der Waals surface area (Å²) < 4.78 is 42.7. The van der Waals surface area contributed by atoms with Crippen LogP contribution in [0.1, 0.15) is 38.6 Å². The lowest BCUT2D eigenvalue weighted by Gasteiger charge is -2.13. The van der Waals surface area contributed by atoms with Gasteiger partial charge in [0.2, 0.25) is 0 Å². The summed E-state index contributed by atoms with van der Waals surface area (Å²) in [5.41, 5.74) is 2.81. The molecular weight excluding hydrogens is 497 g/mol. The molecule has 4 aromatic rings. The molecule has 2 heterocycles. The van der Waals surface area contributed by atoms with Gasteiger partial charge in [-0.25, -0.2) is 4.98 Å². The second kappa shape index (κ2) is 8.62. The fourth-order valence-electron chi connectivity index (χ4n) is 3.69. The van der Waals surface area contributed by atoms with Crippen LogP contribution >= 0.6 is 15.9 Å². The first-order valence-corrected chi connectivity index (χ1v) is 10.9. The van der Waals surface area contributed by atoms with E-state index >= 15 is 0 Å². The Morgan fingerprint density at radius 2 is 1.82 bits per heavy atom. The lowest BCUT2D eigenvalue weighted by Crippen LogP contribution is -2.17. The van der Waals surface area contributed by atoms with E-state index in [1.54, 1.807) is 23.7 Å². The maximum atomic E-state index is 13.4. The Morgan fingerprint density at radius 3 is 2.52 bits per heavy atom. The molecule has 2 aromatic heterocycles. The van der Waals surface area contributed by atoms with E-state index in [2.05, 4.69) is 31.3 Å². The van der Waals surface area contributed by atoms with Crippen LogP contribution in [-0.2, 0) is 12.7 Å². The summed E-state index contributed by atoms with van der Waals surface area (Å²) in [7, 11) is 0. The monoisotopic (exact) mass is 516 g/mol. The number of anilines is 1. The molecule has 0 unspecified atom stereocenters. The van der Waals surface area contributed by atoms with Crippen molar-refractivity contribution < 1.29 is 18.0 Å². The average Bonchev–Trinajstić information content (AvgIpc) is 3.01. The van der Waals surface area contributed by atoms with E-state index in [4.69, 9.17) is 0 Å². The number of rotatable bonds is 4. The van der Waals surface area contributed by atoms with Gasteiger partial charge in [0.15, 0.2) is 0 Å². The molecule has 0 saturated heterocycles. The Balaban J connectivity index is 1.72. The number of fused-ring (bicyclic) bond motifs is 1. The lowest BCUT2D eigenvalue weighted by atomic mass is 10.1. The molecule has 0 saturated carbocycles. The van der Waals surface area contributed by atoms with Crippen molar-refractivity contribution in [3.8, 4) is 0 Å². The number of alkyl halides is 3. The maximum Gasteiger partial charge on any atom is 0.433 e. The number of amides is 1. The van der Waals surface area contributed by atoms with Gasteiger partial charge < -0.3 is 5.32 Å². The first kappa shape index (κ1) is 23.0. The van der Waals surface area contributed by atoms with Gasteiger partial charge in [-0.1, -0.05) is 40.2 Å². The highest BCUT2D eigenvalue weighted by Gasteiger charge is 2.34. The van der Waals surface area contributed by atoms with E-state index in [-0.39, 0.29) is 11.1 Å². The number of benzene rings is 2. The fourth-order valence-corrected chi connectivity index (χ4v) is 4.05. The molecule has 33 heavy (non-hydrogen) atoms. The Labute approximate surface area is 196 Å². The molecule has 9 heteroatoms. The maximum absolute atomic E-state index is 13.4. The summed E-state index contributed by atoms with van der Waals surface area (Å²) in [5.74, 6) is -0.660. The number of carbonyl (C=O) groups is 1. The molecule has 5 nitrogen and oxygen atoms in total. The zero-order chi connectivity index (χ0) is 23.9. The van der Waals surface area contributed by atoms with Crippen molar-refractivity contribution in [1.29, 1.82) is 0 Å². The summed E-state index contributed by atoms with van der Waals surface area (Å²) >= 11 is 3.31. The van der Waals surface area contributed by atoms with Crippen LogP contribution in [0, 0.1) is 20.8 Å². The standard InChI is InChI=1S/C24H20BrF3N4O/c1-13-6-4-5-7-16(13)12-32-15(3)22(14(2)31-32)30-23(33)19-11-21(24(26,27)28)29-20-9-8-17(25)10-18(19)20/h4-11H,12H2,1-3H3,(H,30,33). The fraction of sp³-hybridized carbons (Fsp3) is 0.208. The predicted molar refractivity (Wildman–Crippen MR) is 124 cm³/mol. The molecule has 0 spiro atoms. The number of aromatic nitrogens is 3. The topological polar surface area (TPSA) is 59.8 Å². The lowest BCUT2D eigenvalue weighted by molar-refractivity contribution is -0.140.